The molecule has 1 atom stereocenters. The van der Waals surface area contributed by atoms with Crippen LogP contribution in [0.1, 0.15) is 32.9 Å². The van der Waals surface area contributed by atoms with Crippen LogP contribution in [0.5, 0.6) is 0 Å². The fraction of sp³-hybridized carbons (Fsp3) is 0.231. The highest BCUT2D eigenvalue weighted by atomic mass is 32.1. The summed E-state index contributed by atoms with van der Waals surface area (Å²) in [5.41, 5.74) is 2.07. The Hall–Kier alpha value is -1.72. The van der Waals surface area contributed by atoms with Crippen LogP contribution < -0.4 is 0 Å². The fourth-order valence-electron chi connectivity index (χ4n) is 2.16. The van der Waals surface area contributed by atoms with E-state index >= 15 is 0 Å². The molecule has 3 rings (SSSR count). The molecule has 0 radical (unpaired) electrons. The van der Waals surface area contributed by atoms with Gasteiger partial charge in [0.1, 0.15) is 0 Å². The van der Waals surface area contributed by atoms with E-state index in [9.17, 15) is 9.90 Å². The fourth-order valence-corrected chi connectivity index (χ4v) is 2.77. The van der Waals surface area contributed by atoms with Gasteiger partial charge in [0, 0.05) is 16.5 Å². The van der Waals surface area contributed by atoms with E-state index < -0.39 is 6.23 Å². The van der Waals surface area contributed by atoms with Crippen molar-refractivity contribution in [2.45, 2.75) is 19.7 Å². The Morgan fingerprint density at radius 1 is 1.44 bits per heavy atom. The summed E-state index contributed by atoms with van der Waals surface area (Å²) in [7, 11) is 0. The second-order valence-corrected chi connectivity index (χ2v) is 5.31. The van der Waals surface area contributed by atoms with Crippen molar-refractivity contribution in [2.24, 2.45) is 0 Å². The zero-order valence-corrected chi connectivity index (χ0v) is 10.6. The summed E-state index contributed by atoms with van der Waals surface area (Å²) in [6, 6.07) is 7.16. The zero-order valence-electron chi connectivity index (χ0n) is 9.83. The van der Waals surface area contributed by atoms with Crippen LogP contribution in [-0.2, 0) is 6.54 Å². The highest BCUT2D eigenvalue weighted by molar-refractivity contribution is 7.09. The van der Waals surface area contributed by atoms with Crippen molar-refractivity contribution in [3.63, 3.8) is 0 Å². The van der Waals surface area contributed by atoms with Crippen LogP contribution in [0.4, 0.5) is 0 Å². The number of rotatable bonds is 2. The van der Waals surface area contributed by atoms with Crippen LogP contribution in [0.15, 0.2) is 29.6 Å². The van der Waals surface area contributed by atoms with Gasteiger partial charge in [-0.25, -0.2) is 4.98 Å². The number of hydrogen-bond acceptors (Lipinski definition) is 4. The molecule has 0 saturated heterocycles. The Morgan fingerprint density at radius 2 is 2.22 bits per heavy atom. The molecule has 4 nitrogen and oxygen atoms in total. The van der Waals surface area contributed by atoms with Crippen molar-refractivity contribution in [1.29, 1.82) is 0 Å². The number of aromatic nitrogens is 1. The summed E-state index contributed by atoms with van der Waals surface area (Å²) in [5, 5.41) is 13.0. The summed E-state index contributed by atoms with van der Waals surface area (Å²) < 4.78 is 0. The third-order valence-electron chi connectivity index (χ3n) is 3.02. The number of aliphatic hydroxyl groups excluding tert-OH is 1. The minimum atomic E-state index is -0.865. The Kier molecular flexibility index (Phi) is 2.65. The van der Waals surface area contributed by atoms with E-state index in [0.29, 0.717) is 17.7 Å². The minimum Gasteiger partial charge on any atom is -0.369 e. The van der Waals surface area contributed by atoms with Gasteiger partial charge in [0.25, 0.3) is 5.91 Å². The van der Waals surface area contributed by atoms with Crippen LogP contribution >= 0.6 is 11.3 Å². The van der Waals surface area contributed by atoms with Crippen molar-refractivity contribution >= 4 is 17.2 Å². The molecule has 0 spiro atoms. The molecule has 0 aliphatic carbocycles. The van der Waals surface area contributed by atoms with E-state index in [1.807, 2.05) is 18.4 Å². The first-order chi connectivity index (χ1) is 8.66. The van der Waals surface area contributed by atoms with Gasteiger partial charge in [-0.2, -0.15) is 0 Å². The Labute approximate surface area is 109 Å². The Bertz CT molecular complexity index is 609. The van der Waals surface area contributed by atoms with Gasteiger partial charge in [-0.15, -0.1) is 11.3 Å². The molecule has 0 bridgehead atoms. The predicted molar refractivity (Wildman–Crippen MR) is 68.1 cm³/mol. The summed E-state index contributed by atoms with van der Waals surface area (Å²) in [4.78, 5) is 17.9. The van der Waals surface area contributed by atoms with Crippen LogP contribution in [0.2, 0.25) is 0 Å². The molecule has 5 heteroatoms. The number of benzene rings is 1. The third kappa shape index (κ3) is 1.72. The van der Waals surface area contributed by atoms with Crippen LogP contribution in [0.3, 0.4) is 0 Å². The lowest BCUT2D eigenvalue weighted by atomic mass is 10.1. The number of fused-ring (bicyclic) bond motifs is 1. The molecule has 1 aromatic heterocycles. The van der Waals surface area contributed by atoms with E-state index in [1.165, 1.54) is 4.90 Å². The molecule has 1 amide bonds. The van der Waals surface area contributed by atoms with Crippen LogP contribution in [0.25, 0.3) is 0 Å². The second-order valence-electron chi connectivity index (χ2n) is 4.25. The van der Waals surface area contributed by atoms with Gasteiger partial charge in [0.15, 0.2) is 6.23 Å². The number of thiazole rings is 1. The average Bonchev–Trinajstić information content (AvgIpc) is 2.88. The summed E-state index contributed by atoms with van der Waals surface area (Å²) in [5.74, 6) is -0.135. The largest absolute Gasteiger partial charge is 0.369 e. The number of aliphatic hydroxyl groups is 1. The molecule has 1 N–H and O–H groups in total. The number of hydrogen-bond donors (Lipinski definition) is 1. The monoisotopic (exact) mass is 260 g/mol. The van der Waals surface area contributed by atoms with Gasteiger partial charge in [-0.05, 0) is 13.0 Å². The van der Waals surface area contributed by atoms with E-state index in [1.54, 1.807) is 29.5 Å². The number of aryl methyl sites for hydroxylation is 1. The minimum absolute atomic E-state index is 0.135. The molecular formula is C13H12N2O2S. The van der Waals surface area contributed by atoms with Crippen molar-refractivity contribution in [3.05, 3.63) is 51.5 Å². The second kappa shape index (κ2) is 4.19. The first-order valence-corrected chi connectivity index (χ1v) is 6.54. The van der Waals surface area contributed by atoms with E-state index in [0.717, 1.165) is 10.7 Å². The maximum atomic E-state index is 12.2. The van der Waals surface area contributed by atoms with Gasteiger partial charge >= 0.3 is 0 Å². The topological polar surface area (TPSA) is 53.4 Å². The molecule has 0 fully saturated rings. The molecule has 1 aliphatic rings. The number of carbonyl (C=O) groups excluding carboxylic acids is 1. The quantitative estimate of drug-likeness (QED) is 0.899. The highest BCUT2D eigenvalue weighted by Gasteiger charge is 2.35. The SMILES string of the molecule is Cc1nc(CN2C(=O)c3ccccc3C2O)cs1. The van der Waals surface area contributed by atoms with Crippen molar-refractivity contribution in [3.8, 4) is 0 Å². The maximum absolute atomic E-state index is 12.2. The number of carbonyl (C=O) groups is 1. The molecule has 2 aromatic rings. The summed E-state index contributed by atoms with van der Waals surface area (Å²) >= 11 is 1.54. The van der Waals surface area contributed by atoms with Crippen molar-refractivity contribution in [2.75, 3.05) is 0 Å². The average molecular weight is 260 g/mol. The predicted octanol–water partition coefficient (Wildman–Crippen LogP) is 2.10. The summed E-state index contributed by atoms with van der Waals surface area (Å²) in [6.45, 7) is 2.27. The lowest BCUT2D eigenvalue weighted by molar-refractivity contribution is 0.0132. The summed E-state index contributed by atoms with van der Waals surface area (Å²) in [6.07, 6.45) is -0.865. The van der Waals surface area contributed by atoms with Gasteiger partial charge in [0.2, 0.25) is 0 Å². The van der Waals surface area contributed by atoms with E-state index in [2.05, 4.69) is 4.98 Å². The van der Waals surface area contributed by atoms with Gasteiger partial charge < -0.3 is 10.0 Å². The van der Waals surface area contributed by atoms with Crippen molar-refractivity contribution < 1.29 is 9.90 Å². The number of amides is 1. The Balaban J connectivity index is 1.90. The number of nitrogens with zero attached hydrogens (tertiary/aromatic N) is 2. The molecule has 1 unspecified atom stereocenters. The molecule has 92 valence electrons. The first kappa shape index (κ1) is 11.4. The van der Waals surface area contributed by atoms with E-state index in [-0.39, 0.29) is 5.91 Å². The lowest BCUT2D eigenvalue weighted by Crippen LogP contribution is -2.27. The molecular weight excluding hydrogens is 248 g/mol. The van der Waals surface area contributed by atoms with Gasteiger partial charge in [-0.3, -0.25) is 4.79 Å². The Morgan fingerprint density at radius 3 is 2.89 bits per heavy atom. The molecule has 2 heterocycles. The molecule has 1 aromatic carbocycles. The standard InChI is InChI=1S/C13H12N2O2S/c1-8-14-9(7-18-8)6-15-12(16)10-4-2-3-5-11(10)13(15)17/h2-5,7,12,16H,6H2,1H3. The maximum Gasteiger partial charge on any atom is 0.256 e. The normalized spacial score (nSPS) is 18.2. The molecule has 18 heavy (non-hydrogen) atoms. The smallest absolute Gasteiger partial charge is 0.256 e. The van der Waals surface area contributed by atoms with Gasteiger partial charge in [0.05, 0.1) is 17.2 Å². The zero-order chi connectivity index (χ0) is 12.7. The van der Waals surface area contributed by atoms with Crippen molar-refractivity contribution in [1.82, 2.24) is 9.88 Å². The molecule has 1 aliphatic heterocycles. The van der Waals surface area contributed by atoms with Gasteiger partial charge in [-0.1, -0.05) is 18.2 Å². The molecule has 0 saturated carbocycles. The highest BCUT2D eigenvalue weighted by Crippen LogP contribution is 2.32. The lowest BCUT2D eigenvalue weighted by Gasteiger charge is -2.19. The van der Waals surface area contributed by atoms with Crippen LogP contribution in [0, 0.1) is 6.92 Å². The first-order valence-electron chi connectivity index (χ1n) is 5.66. The van der Waals surface area contributed by atoms with E-state index in [4.69, 9.17) is 0 Å². The van der Waals surface area contributed by atoms with Crippen LogP contribution in [-0.4, -0.2) is 20.9 Å². The third-order valence-corrected chi connectivity index (χ3v) is 3.85.